The number of aromatic nitrogens is 3. The van der Waals surface area contributed by atoms with Crippen LogP contribution >= 0.6 is 0 Å². The van der Waals surface area contributed by atoms with Crippen molar-refractivity contribution in [2.24, 2.45) is 7.05 Å². The largest absolute Gasteiger partial charge is 0.332 e. The van der Waals surface area contributed by atoms with E-state index in [0.717, 1.165) is 32.5 Å². The maximum absolute atomic E-state index is 12.9. The molecule has 0 bridgehead atoms. The third-order valence-electron chi connectivity index (χ3n) is 4.86. The molecule has 2 aromatic heterocycles. The van der Waals surface area contributed by atoms with Crippen LogP contribution < -0.4 is 16.6 Å². The summed E-state index contributed by atoms with van der Waals surface area (Å²) in [7, 11) is 1.55. The Balaban J connectivity index is 2.05. The zero-order chi connectivity index (χ0) is 20.7. The van der Waals surface area contributed by atoms with Gasteiger partial charge in [-0.15, -0.1) is 0 Å². The molecule has 3 rings (SSSR count). The fraction of sp³-hybridized carbons (Fsp3) is 0.333. The summed E-state index contributed by atoms with van der Waals surface area (Å²) in [6.45, 7) is 9.06. The molecule has 0 aliphatic rings. The molecular weight excluding hydrogens is 356 g/mol. The molecular formula is C21H24N4O3. The van der Waals surface area contributed by atoms with Gasteiger partial charge in [-0.25, -0.2) is 9.78 Å². The number of anilines is 1. The Labute approximate surface area is 162 Å². The first-order valence-electron chi connectivity index (χ1n) is 9.05. The van der Waals surface area contributed by atoms with Gasteiger partial charge in [0.1, 0.15) is 12.2 Å². The summed E-state index contributed by atoms with van der Waals surface area (Å²) in [6, 6.07) is 5.74. The van der Waals surface area contributed by atoms with Crippen molar-refractivity contribution in [3.05, 3.63) is 67.0 Å². The first-order chi connectivity index (χ1) is 13.1. The highest BCUT2D eigenvalue weighted by Crippen LogP contribution is 2.21. The van der Waals surface area contributed by atoms with Crippen LogP contribution in [0.4, 0.5) is 5.69 Å². The van der Waals surface area contributed by atoms with Crippen molar-refractivity contribution in [2.75, 3.05) is 5.32 Å². The third-order valence-corrected chi connectivity index (χ3v) is 4.86. The summed E-state index contributed by atoms with van der Waals surface area (Å²) in [6.07, 6.45) is 0. The zero-order valence-electron chi connectivity index (χ0n) is 17.0. The van der Waals surface area contributed by atoms with Gasteiger partial charge in [0.05, 0.1) is 5.39 Å². The van der Waals surface area contributed by atoms with Gasteiger partial charge in [0.2, 0.25) is 5.91 Å². The first kappa shape index (κ1) is 19.5. The summed E-state index contributed by atoms with van der Waals surface area (Å²) in [5.74, 6) is -0.425. The molecule has 0 radical (unpaired) electrons. The van der Waals surface area contributed by atoms with Crippen LogP contribution in [0.1, 0.15) is 27.9 Å². The van der Waals surface area contributed by atoms with Gasteiger partial charge in [-0.1, -0.05) is 17.7 Å². The SMILES string of the molecule is Cc1cc(C)c(NC(=O)Cn2c(=O)c3c(C)cc(C)nc3n(C)c2=O)c(C)c1. The number of nitrogens with one attached hydrogen (secondary N) is 1. The Hall–Kier alpha value is -3.22. The Kier molecular flexibility index (Phi) is 4.93. The van der Waals surface area contributed by atoms with Crippen molar-refractivity contribution >= 4 is 22.6 Å². The fourth-order valence-corrected chi connectivity index (χ4v) is 3.66. The second-order valence-corrected chi connectivity index (χ2v) is 7.33. The topological polar surface area (TPSA) is 86.0 Å². The second kappa shape index (κ2) is 7.07. The van der Waals surface area contributed by atoms with Gasteiger partial charge in [0, 0.05) is 18.4 Å². The van der Waals surface area contributed by atoms with Crippen LogP contribution in [0.2, 0.25) is 0 Å². The molecule has 0 aliphatic carbocycles. The van der Waals surface area contributed by atoms with Gasteiger partial charge >= 0.3 is 5.69 Å². The minimum Gasteiger partial charge on any atom is -0.324 e. The number of benzene rings is 1. The maximum atomic E-state index is 12.9. The quantitative estimate of drug-likeness (QED) is 0.755. The first-order valence-corrected chi connectivity index (χ1v) is 9.05. The van der Waals surface area contributed by atoms with Gasteiger partial charge in [-0.3, -0.25) is 18.7 Å². The molecule has 0 atom stereocenters. The van der Waals surface area contributed by atoms with Gasteiger partial charge in [-0.05, 0) is 57.4 Å². The third kappa shape index (κ3) is 3.35. The van der Waals surface area contributed by atoms with Crippen LogP contribution in [0.25, 0.3) is 11.0 Å². The Bertz CT molecular complexity index is 1210. The van der Waals surface area contributed by atoms with Crippen molar-refractivity contribution in [3.63, 3.8) is 0 Å². The number of hydrogen-bond donors (Lipinski definition) is 1. The number of fused-ring (bicyclic) bond motifs is 1. The number of amides is 1. The normalized spacial score (nSPS) is 11.1. The summed E-state index contributed by atoms with van der Waals surface area (Å²) in [4.78, 5) is 42.6. The monoisotopic (exact) mass is 380 g/mol. The summed E-state index contributed by atoms with van der Waals surface area (Å²) < 4.78 is 2.27. The van der Waals surface area contributed by atoms with Crippen molar-refractivity contribution in [1.29, 1.82) is 0 Å². The lowest BCUT2D eigenvalue weighted by Crippen LogP contribution is -2.42. The number of rotatable bonds is 3. The minimum atomic E-state index is -0.567. The Morgan fingerprint density at radius 3 is 2.21 bits per heavy atom. The molecule has 0 spiro atoms. The molecule has 1 amide bonds. The van der Waals surface area contributed by atoms with Crippen molar-refractivity contribution in [2.45, 2.75) is 41.2 Å². The fourth-order valence-electron chi connectivity index (χ4n) is 3.66. The van der Waals surface area contributed by atoms with Crippen LogP contribution in [0, 0.1) is 34.6 Å². The van der Waals surface area contributed by atoms with E-state index in [1.165, 1.54) is 4.57 Å². The number of pyridine rings is 1. The van der Waals surface area contributed by atoms with Gasteiger partial charge < -0.3 is 5.32 Å². The summed E-state index contributed by atoms with van der Waals surface area (Å²) >= 11 is 0. The zero-order valence-corrected chi connectivity index (χ0v) is 17.0. The lowest BCUT2D eigenvalue weighted by molar-refractivity contribution is -0.116. The molecule has 3 aromatic rings. The lowest BCUT2D eigenvalue weighted by atomic mass is 10.1. The van der Waals surface area contributed by atoms with E-state index in [1.807, 2.05) is 39.8 Å². The lowest BCUT2D eigenvalue weighted by Gasteiger charge is -2.15. The van der Waals surface area contributed by atoms with E-state index in [1.54, 1.807) is 20.0 Å². The van der Waals surface area contributed by atoms with E-state index >= 15 is 0 Å². The predicted octanol–water partition coefficient (Wildman–Crippen LogP) is 2.28. The number of aryl methyl sites for hydroxylation is 6. The van der Waals surface area contributed by atoms with Crippen LogP contribution in [-0.2, 0) is 18.4 Å². The molecule has 1 N–H and O–H groups in total. The van der Waals surface area contributed by atoms with Crippen LogP contribution in [0.3, 0.4) is 0 Å². The van der Waals surface area contributed by atoms with Crippen molar-refractivity contribution in [3.8, 4) is 0 Å². The predicted molar refractivity (Wildman–Crippen MR) is 110 cm³/mol. The molecule has 7 nitrogen and oxygen atoms in total. The number of nitrogens with zero attached hydrogens (tertiary/aromatic N) is 3. The molecule has 2 heterocycles. The standard InChI is InChI=1S/C21H24N4O3/c1-11-7-13(3)18(14(4)8-11)23-16(26)10-25-20(27)17-12(2)9-15(5)22-19(17)24(6)21(25)28/h7-9H,10H2,1-6H3,(H,23,26). The van der Waals surface area contributed by atoms with E-state index in [2.05, 4.69) is 10.3 Å². The van der Waals surface area contributed by atoms with Gasteiger partial charge in [-0.2, -0.15) is 0 Å². The van der Waals surface area contributed by atoms with E-state index in [9.17, 15) is 14.4 Å². The Morgan fingerprint density at radius 1 is 1.00 bits per heavy atom. The van der Waals surface area contributed by atoms with Crippen LogP contribution in [0.15, 0.2) is 27.8 Å². The number of carbonyl (C=O) groups excluding carboxylic acids is 1. The molecule has 28 heavy (non-hydrogen) atoms. The Morgan fingerprint density at radius 2 is 1.61 bits per heavy atom. The van der Waals surface area contributed by atoms with E-state index in [4.69, 9.17) is 0 Å². The number of carbonyl (C=O) groups is 1. The molecule has 146 valence electrons. The molecule has 0 saturated heterocycles. The second-order valence-electron chi connectivity index (χ2n) is 7.33. The molecule has 0 aliphatic heterocycles. The molecule has 0 saturated carbocycles. The average molecular weight is 380 g/mol. The average Bonchev–Trinajstić information content (AvgIpc) is 2.59. The highest BCUT2D eigenvalue weighted by Gasteiger charge is 2.17. The highest BCUT2D eigenvalue weighted by atomic mass is 16.2. The van der Waals surface area contributed by atoms with E-state index in [-0.39, 0.29) is 6.54 Å². The van der Waals surface area contributed by atoms with Crippen LogP contribution in [-0.4, -0.2) is 20.0 Å². The molecule has 1 aromatic carbocycles. The highest BCUT2D eigenvalue weighted by molar-refractivity contribution is 5.92. The van der Waals surface area contributed by atoms with Crippen molar-refractivity contribution in [1.82, 2.24) is 14.1 Å². The van der Waals surface area contributed by atoms with Gasteiger partial charge in [0.25, 0.3) is 5.56 Å². The van der Waals surface area contributed by atoms with E-state index in [0.29, 0.717) is 16.7 Å². The van der Waals surface area contributed by atoms with E-state index < -0.39 is 17.2 Å². The minimum absolute atomic E-state index is 0.328. The molecule has 0 fully saturated rings. The van der Waals surface area contributed by atoms with Crippen LogP contribution in [0.5, 0.6) is 0 Å². The van der Waals surface area contributed by atoms with Crippen molar-refractivity contribution < 1.29 is 4.79 Å². The summed E-state index contributed by atoms with van der Waals surface area (Å²) in [5, 5.41) is 3.19. The van der Waals surface area contributed by atoms with Gasteiger partial charge in [0.15, 0.2) is 0 Å². The summed E-state index contributed by atoms with van der Waals surface area (Å²) in [5.41, 5.74) is 4.37. The molecule has 7 heteroatoms. The maximum Gasteiger partial charge on any atom is 0.332 e. The molecule has 0 unspecified atom stereocenters. The number of hydrogen-bond acceptors (Lipinski definition) is 4. The smallest absolute Gasteiger partial charge is 0.324 e.